The molecule has 0 bridgehead atoms. The number of carbonyl (C=O) groups excluding carboxylic acids is 1. The normalized spacial score (nSPS) is 11.2. The fourth-order valence-electron chi connectivity index (χ4n) is 2.73. The van der Waals surface area contributed by atoms with Crippen molar-refractivity contribution >= 4 is 15.9 Å². The molecule has 0 atom stereocenters. The van der Waals surface area contributed by atoms with Gasteiger partial charge in [-0.3, -0.25) is 4.79 Å². The van der Waals surface area contributed by atoms with Crippen molar-refractivity contribution in [2.24, 2.45) is 0 Å². The number of carbonyl (C=O) groups is 1. The molecule has 0 saturated carbocycles. The molecule has 6 nitrogen and oxygen atoms in total. The number of nitrogens with one attached hydrogen (secondary N) is 1. The van der Waals surface area contributed by atoms with E-state index in [4.69, 9.17) is 4.74 Å². The Morgan fingerprint density at radius 2 is 1.74 bits per heavy atom. The summed E-state index contributed by atoms with van der Waals surface area (Å²) in [6, 6.07) is 14.5. The van der Waals surface area contributed by atoms with Gasteiger partial charge in [-0.15, -0.1) is 0 Å². The van der Waals surface area contributed by atoms with Gasteiger partial charge in [-0.2, -0.15) is 0 Å². The SMILES string of the molecule is COc1ccc(CCN(CCNS(=O)(=O)c2ccccc2C)C(C)=O)cc1. The monoisotopic (exact) mass is 390 g/mol. The van der Waals surface area contributed by atoms with E-state index in [1.54, 1.807) is 43.2 Å². The third-order valence-electron chi connectivity index (χ3n) is 4.33. The van der Waals surface area contributed by atoms with Gasteiger partial charge in [0.25, 0.3) is 0 Å². The van der Waals surface area contributed by atoms with Crippen molar-refractivity contribution in [1.82, 2.24) is 9.62 Å². The summed E-state index contributed by atoms with van der Waals surface area (Å²) in [6.07, 6.45) is 0.689. The lowest BCUT2D eigenvalue weighted by molar-refractivity contribution is -0.128. The van der Waals surface area contributed by atoms with Gasteiger partial charge in [0.2, 0.25) is 15.9 Å². The van der Waals surface area contributed by atoms with Crippen LogP contribution in [0, 0.1) is 6.92 Å². The van der Waals surface area contributed by atoms with Crippen LogP contribution in [0.25, 0.3) is 0 Å². The van der Waals surface area contributed by atoms with E-state index in [2.05, 4.69) is 4.72 Å². The summed E-state index contributed by atoms with van der Waals surface area (Å²) >= 11 is 0. The zero-order chi connectivity index (χ0) is 19.9. The highest BCUT2D eigenvalue weighted by Crippen LogP contribution is 2.14. The summed E-state index contributed by atoms with van der Waals surface area (Å²) in [5.74, 6) is 0.700. The second-order valence-corrected chi connectivity index (χ2v) is 8.00. The molecule has 27 heavy (non-hydrogen) atoms. The Balaban J connectivity index is 1.90. The second-order valence-electron chi connectivity index (χ2n) is 6.27. The van der Waals surface area contributed by atoms with Crippen molar-refractivity contribution in [2.75, 3.05) is 26.7 Å². The molecule has 0 aromatic heterocycles. The van der Waals surface area contributed by atoms with Gasteiger partial charge in [-0.1, -0.05) is 30.3 Å². The predicted octanol–water partition coefficient (Wildman–Crippen LogP) is 2.37. The minimum Gasteiger partial charge on any atom is -0.497 e. The molecule has 1 amide bonds. The van der Waals surface area contributed by atoms with Gasteiger partial charge in [0.1, 0.15) is 5.75 Å². The van der Waals surface area contributed by atoms with Crippen LogP contribution in [0.1, 0.15) is 18.1 Å². The van der Waals surface area contributed by atoms with Gasteiger partial charge in [-0.05, 0) is 42.7 Å². The Labute approximate surface area is 161 Å². The summed E-state index contributed by atoms with van der Waals surface area (Å²) in [5.41, 5.74) is 1.77. The number of hydrogen-bond acceptors (Lipinski definition) is 4. The number of aryl methyl sites for hydroxylation is 1. The van der Waals surface area contributed by atoms with Gasteiger partial charge < -0.3 is 9.64 Å². The first-order valence-electron chi connectivity index (χ1n) is 8.77. The number of amides is 1. The molecule has 146 valence electrons. The standard InChI is InChI=1S/C20H26N2O4S/c1-16-6-4-5-7-20(16)27(24,25)21-13-15-22(17(2)23)14-12-18-8-10-19(26-3)11-9-18/h4-11,21H,12-15H2,1-3H3. The zero-order valence-electron chi connectivity index (χ0n) is 15.9. The summed E-state index contributed by atoms with van der Waals surface area (Å²) in [7, 11) is -1.97. The van der Waals surface area contributed by atoms with Crippen molar-refractivity contribution < 1.29 is 17.9 Å². The molecule has 0 spiro atoms. The van der Waals surface area contributed by atoms with Gasteiger partial charge in [-0.25, -0.2) is 13.1 Å². The highest BCUT2D eigenvalue weighted by molar-refractivity contribution is 7.89. The molecule has 0 radical (unpaired) electrons. The maximum absolute atomic E-state index is 12.4. The second kappa shape index (κ2) is 9.53. The van der Waals surface area contributed by atoms with E-state index in [0.29, 0.717) is 25.1 Å². The van der Waals surface area contributed by atoms with Crippen molar-refractivity contribution in [3.8, 4) is 5.75 Å². The van der Waals surface area contributed by atoms with Crippen molar-refractivity contribution in [1.29, 1.82) is 0 Å². The van der Waals surface area contributed by atoms with Gasteiger partial charge in [0.15, 0.2) is 0 Å². The van der Waals surface area contributed by atoms with E-state index in [0.717, 1.165) is 11.3 Å². The molecule has 0 aliphatic carbocycles. The smallest absolute Gasteiger partial charge is 0.240 e. The van der Waals surface area contributed by atoms with Crippen LogP contribution in [0.15, 0.2) is 53.4 Å². The number of hydrogen-bond donors (Lipinski definition) is 1. The molecule has 0 saturated heterocycles. The van der Waals surface area contributed by atoms with Crippen molar-refractivity contribution in [3.05, 3.63) is 59.7 Å². The van der Waals surface area contributed by atoms with Gasteiger partial charge in [0.05, 0.1) is 12.0 Å². The summed E-state index contributed by atoms with van der Waals surface area (Å²) in [6.45, 7) is 4.25. The lowest BCUT2D eigenvalue weighted by Crippen LogP contribution is -2.38. The lowest BCUT2D eigenvalue weighted by atomic mass is 10.1. The van der Waals surface area contributed by atoms with E-state index in [-0.39, 0.29) is 17.3 Å². The van der Waals surface area contributed by atoms with Crippen LogP contribution in [-0.2, 0) is 21.2 Å². The van der Waals surface area contributed by atoms with Crippen LogP contribution in [-0.4, -0.2) is 46.0 Å². The van der Waals surface area contributed by atoms with E-state index in [1.807, 2.05) is 24.3 Å². The molecule has 0 aliphatic rings. The molecule has 1 N–H and O–H groups in total. The number of benzene rings is 2. The Morgan fingerprint density at radius 3 is 2.33 bits per heavy atom. The Bertz CT molecular complexity index is 864. The molecule has 0 unspecified atom stereocenters. The highest BCUT2D eigenvalue weighted by Gasteiger charge is 2.17. The lowest BCUT2D eigenvalue weighted by Gasteiger charge is -2.21. The topological polar surface area (TPSA) is 75.7 Å². The van der Waals surface area contributed by atoms with Crippen LogP contribution < -0.4 is 9.46 Å². The molecule has 2 aromatic carbocycles. The molecule has 2 rings (SSSR count). The third-order valence-corrected chi connectivity index (χ3v) is 5.95. The van der Waals surface area contributed by atoms with Gasteiger partial charge >= 0.3 is 0 Å². The number of methoxy groups -OCH3 is 1. The third kappa shape index (κ3) is 6.08. The zero-order valence-corrected chi connectivity index (χ0v) is 16.8. The highest BCUT2D eigenvalue weighted by atomic mass is 32.2. The maximum Gasteiger partial charge on any atom is 0.240 e. The minimum absolute atomic E-state index is 0.0846. The molecular weight excluding hydrogens is 364 g/mol. The predicted molar refractivity (Wildman–Crippen MR) is 105 cm³/mol. The van der Waals surface area contributed by atoms with Crippen LogP contribution in [0.3, 0.4) is 0 Å². The molecule has 2 aromatic rings. The molecule has 7 heteroatoms. The molecular formula is C20H26N2O4S. The fourth-order valence-corrected chi connectivity index (χ4v) is 4.00. The summed E-state index contributed by atoms with van der Waals surface area (Å²) in [4.78, 5) is 13.8. The first-order chi connectivity index (χ1) is 12.8. The van der Waals surface area contributed by atoms with Crippen LogP contribution >= 0.6 is 0 Å². The van der Waals surface area contributed by atoms with E-state index < -0.39 is 10.0 Å². The van der Waals surface area contributed by atoms with Crippen LogP contribution in [0.5, 0.6) is 5.75 Å². The molecule has 0 fully saturated rings. The largest absolute Gasteiger partial charge is 0.497 e. The number of sulfonamides is 1. The fraction of sp³-hybridized carbons (Fsp3) is 0.350. The van der Waals surface area contributed by atoms with Gasteiger partial charge in [0, 0.05) is 26.6 Å². The average molecular weight is 391 g/mol. The first-order valence-corrected chi connectivity index (χ1v) is 10.3. The average Bonchev–Trinajstić information content (AvgIpc) is 2.64. The van der Waals surface area contributed by atoms with Crippen molar-refractivity contribution in [3.63, 3.8) is 0 Å². The summed E-state index contributed by atoms with van der Waals surface area (Å²) in [5, 5.41) is 0. The van der Waals surface area contributed by atoms with E-state index in [1.165, 1.54) is 6.92 Å². The number of ether oxygens (including phenoxy) is 1. The van der Waals surface area contributed by atoms with Crippen molar-refractivity contribution in [2.45, 2.75) is 25.2 Å². The molecule has 0 aliphatic heterocycles. The Hall–Kier alpha value is -2.38. The molecule has 0 heterocycles. The van der Waals surface area contributed by atoms with E-state index >= 15 is 0 Å². The summed E-state index contributed by atoms with van der Waals surface area (Å²) < 4.78 is 32.5. The Kier molecular flexibility index (Phi) is 7.38. The maximum atomic E-state index is 12.4. The van der Waals surface area contributed by atoms with Crippen LogP contribution in [0.2, 0.25) is 0 Å². The quantitative estimate of drug-likeness (QED) is 0.713. The first kappa shape index (κ1) is 20.9. The Morgan fingerprint density at radius 1 is 1.07 bits per heavy atom. The number of rotatable bonds is 9. The van der Waals surface area contributed by atoms with E-state index in [9.17, 15) is 13.2 Å². The minimum atomic E-state index is -3.59. The van der Waals surface area contributed by atoms with Crippen LogP contribution in [0.4, 0.5) is 0 Å². The number of nitrogens with zero attached hydrogens (tertiary/aromatic N) is 1.